The number of ether oxygens (including phenoxy) is 1. The van der Waals surface area contributed by atoms with Crippen LogP contribution < -0.4 is 20.3 Å². The van der Waals surface area contributed by atoms with Gasteiger partial charge in [0.05, 0.1) is 12.0 Å². The second-order valence-corrected chi connectivity index (χ2v) is 11.9. The van der Waals surface area contributed by atoms with Gasteiger partial charge in [0.1, 0.15) is 23.4 Å². The SMILES string of the molecule is CN(CCN1CCN(c2cc(O[C@H]3CC[S@@+]([O-])CC3)c(F)cc2F)CC1)c1nc(N)n2nc(-c3ccco3)nc2n1. The van der Waals surface area contributed by atoms with E-state index in [0.29, 0.717) is 86.1 Å². The van der Waals surface area contributed by atoms with Crippen LogP contribution in [0.5, 0.6) is 5.75 Å². The number of nitrogens with two attached hydrogens (primary N) is 1. The Balaban J connectivity index is 1.05. The van der Waals surface area contributed by atoms with E-state index in [1.165, 1.54) is 10.6 Å². The predicted molar refractivity (Wildman–Crippen MR) is 150 cm³/mol. The Kier molecular flexibility index (Phi) is 7.81. The quantitative estimate of drug-likeness (QED) is 0.304. The predicted octanol–water partition coefficient (Wildman–Crippen LogP) is 2.19. The van der Waals surface area contributed by atoms with Crippen LogP contribution in [-0.4, -0.2) is 97.9 Å². The smallest absolute Gasteiger partial charge is 0.259 e. The monoisotopic (exact) mass is 587 g/mol. The highest BCUT2D eigenvalue weighted by Crippen LogP contribution is 2.31. The van der Waals surface area contributed by atoms with Crippen LogP contribution in [0.1, 0.15) is 12.8 Å². The van der Waals surface area contributed by atoms with Crippen LogP contribution in [0.4, 0.5) is 26.4 Å². The number of nitrogen functional groups attached to an aromatic ring is 1. The lowest BCUT2D eigenvalue weighted by Gasteiger charge is -2.37. The molecule has 5 heterocycles. The molecule has 0 bridgehead atoms. The van der Waals surface area contributed by atoms with Crippen molar-refractivity contribution in [3.63, 3.8) is 0 Å². The molecule has 4 aromatic rings. The molecule has 2 N–H and O–H groups in total. The van der Waals surface area contributed by atoms with Gasteiger partial charge in [0.15, 0.2) is 17.3 Å². The van der Waals surface area contributed by atoms with Crippen LogP contribution in [-0.2, 0) is 11.2 Å². The third kappa shape index (κ3) is 6.01. The maximum absolute atomic E-state index is 14.8. The van der Waals surface area contributed by atoms with Gasteiger partial charge in [-0.3, -0.25) is 4.90 Å². The molecule has 1 aromatic carbocycles. The minimum absolute atomic E-state index is 0.0448. The average Bonchev–Trinajstić information content (AvgIpc) is 3.65. The summed E-state index contributed by atoms with van der Waals surface area (Å²) in [6.45, 7) is 3.93. The van der Waals surface area contributed by atoms with Crippen molar-refractivity contribution >= 4 is 34.5 Å². The molecule has 218 valence electrons. The molecular formula is C26H31F2N9O3S. The van der Waals surface area contributed by atoms with Gasteiger partial charge in [-0.25, -0.2) is 8.78 Å². The van der Waals surface area contributed by atoms with Crippen LogP contribution in [0.25, 0.3) is 17.4 Å². The van der Waals surface area contributed by atoms with Gasteiger partial charge in [-0.2, -0.15) is 19.5 Å². The number of rotatable bonds is 8. The molecule has 2 saturated heterocycles. The first-order chi connectivity index (χ1) is 19.8. The van der Waals surface area contributed by atoms with Gasteiger partial charge in [-0.05, 0) is 12.1 Å². The highest BCUT2D eigenvalue weighted by Gasteiger charge is 2.26. The molecule has 2 aliphatic heterocycles. The van der Waals surface area contributed by atoms with E-state index in [9.17, 15) is 13.3 Å². The van der Waals surface area contributed by atoms with Crippen molar-refractivity contribution in [1.29, 1.82) is 0 Å². The Hall–Kier alpha value is -3.69. The van der Waals surface area contributed by atoms with E-state index in [2.05, 4.69) is 25.0 Å². The third-order valence-electron chi connectivity index (χ3n) is 7.40. The molecule has 3 aromatic heterocycles. The number of likely N-dealkylation sites (N-methyl/N-ethyl adjacent to an activating group) is 1. The average molecular weight is 588 g/mol. The zero-order valence-electron chi connectivity index (χ0n) is 22.6. The minimum Gasteiger partial charge on any atom is -0.616 e. The first-order valence-electron chi connectivity index (χ1n) is 13.5. The second-order valence-electron chi connectivity index (χ2n) is 10.2. The number of benzene rings is 1. The largest absolute Gasteiger partial charge is 0.616 e. The summed E-state index contributed by atoms with van der Waals surface area (Å²) in [5.41, 5.74) is 6.45. The molecule has 0 amide bonds. The van der Waals surface area contributed by atoms with Gasteiger partial charge in [0.25, 0.3) is 5.78 Å². The number of halogens is 2. The molecule has 6 rings (SSSR count). The molecule has 0 saturated carbocycles. The summed E-state index contributed by atoms with van der Waals surface area (Å²) in [4.78, 5) is 19.4. The molecule has 41 heavy (non-hydrogen) atoms. The van der Waals surface area contributed by atoms with Crippen LogP contribution in [0, 0.1) is 11.6 Å². The number of hydrogen-bond acceptors (Lipinski definition) is 11. The summed E-state index contributed by atoms with van der Waals surface area (Å²) in [6, 6.07) is 5.85. The fourth-order valence-corrected chi connectivity index (χ4v) is 6.26. The van der Waals surface area contributed by atoms with Crippen LogP contribution in [0.15, 0.2) is 34.9 Å². The van der Waals surface area contributed by atoms with Gasteiger partial charge in [0.2, 0.25) is 17.7 Å². The Morgan fingerprint density at radius 2 is 1.90 bits per heavy atom. The van der Waals surface area contributed by atoms with E-state index in [-0.39, 0.29) is 17.8 Å². The maximum Gasteiger partial charge on any atom is 0.259 e. The second kappa shape index (κ2) is 11.7. The van der Waals surface area contributed by atoms with Gasteiger partial charge in [-0.15, -0.1) is 5.10 Å². The van der Waals surface area contributed by atoms with Crippen molar-refractivity contribution in [3.05, 3.63) is 42.2 Å². The van der Waals surface area contributed by atoms with Crippen molar-refractivity contribution < 1.29 is 22.5 Å². The highest BCUT2D eigenvalue weighted by atomic mass is 32.2. The van der Waals surface area contributed by atoms with Gasteiger partial charge < -0.3 is 29.2 Å². The Bertz CT molecular complexity index is 1490. The van der Waals surface area contributed by atoms with Crippen LogP contribution in [0.2, 0.25) is 0 Å². The Morgan fingerprint density at radius 3 is 2.63 bits per heavy atom. The summed E-state index contributed by atoms with van der Waals surface area (Å²) < 4.78 is 53.5. The number of piperazine rings is 1. The molecule has 0 unspecified atom stereocenters. The normalized spacial score (nSPS) is 20.0. The first-order valence-corrected chi connectivity index (χ1v) is 15.0. The number of anilines is 3. The minimum atomic E-state index is -0.839. The topological polar surface area (TPSA) is 137 Å². The molecule has 2 aliphatic rings. The van der Waals surface area contributed by atoms with Gasteiger partial charge in [-0.1, -0.05) is 11.2 Å². The fourth-order valence-electron chi connectivity index (χ4n) is 5.00. The van der Waals surface area contributed by atoms with Crippen molar-refractivity contribution in [1.82, 2.24) is 29.5 Å². The number of furan rings is 1. The van der Waals surface area contributed by atoms with E-state index in [4.69, 9.17) is 14.9 Å². The van der Waals surface area contributed by atoms with E-state index < -0.39 is 22.8 Å². The molecule has 12 nitrogen and oxygen atoms in total. The van der Waals surface area contributed by atoms with Gasteiger partial charge >= 0.3 is 0 Å². The summed E-state index contributed by atoms with van der Waals surface area (Å²) in [5, 5.41) is 4.32. The molecule has 0 spiro atoms. The van der Waals surface area contributed by atoms with Crippen molar-refractivity contribution in [3.8, 4) is 17.3 Å². The van der Waals surface area contributed by atoms with Crippen molar-refractivity contribution in [2.24, 2.45) is 0 Å². The highest BCUT2D eigenvalue weighted by molar-refractivity contribution is 7.91. The zero-order chi connectivity index (χ0) is 28.5. The lowest BCUT2D eigenvalue weighted by molar-refractivity contribution is 0.181. The molecule has 15 heteroatoms. The summed E-state index contributed by atoms with van der Waals surface area (Å²) in [6.07, 6.45) is 2.53. The van der Waals surface area contributed by atoms with Crippen molar-refractivity contribution in [2.75, 3.05) is 73.4 Å². The first kappa shape index (κ1) is 27.5. The standard InChI is InChI=1S/C26H31F2N9O3S/c1-34(25-31-24(29)37-26(32-25)30-23(33-37)21-3-2-12-39-21)6-7-35-8-10-36(11-9-35)20-16-22(19(28)15-18(20)27)40-17-4-13-41(38)14-5-17/h2-3,12,15-17H,4-11,13-14H2,1H3,(H2,29,30,31,32,33)/t17-,41+. The Morgan fingerprint density at radius 1 is 1.12 bits per heavy atom. The fraction of sp³-hybridized carbons (Fsp3) is 0.462. The molecular weight excluding hydrogens is 556 g/mol. The molecule has 0 aliphatic carbocycles. The lowest BCUT2D eigenvalue weighted by atomic mass is 10.2. The van der Waals surface area contributed by atoms with E-state index >= 15 is 0 Å². The number of aromatic nitrogens is 5. The molecule has 0 atom stereocenters. The van der Waals surface area contributed by atoms with Crippen LogP contribution in [0.3, 0.4) is 0 Å². The van der Waals surface area contributed by atoms with Gasteiger partial charge in [0, 0.05) is 71.3 Å². The Labute approximate surface area is 238 Å². The third-order valence-corrected chi connectivity index (χ3v) is 8.78. The van der Waals surface area contributed by atoms with E-state index in [1.807, 2.05) is 16.8 Å². The number of nitrogens with zero attached hydrogens (tertiary/aromatic N) is 8. The van der Waals surface area contributed by atoms with Crippen molar-refractivity contribution in [2.45, 2.75) is 18.9 Å². The lowest BCUT2D eigenvalue weighted by Crippen LogP contribution is -2.48. The summed E-state index contributed by atoms with van der Waals surface area (Å²) in [7, 11) is 1.88. The van der Waals surface area contributed by atoms with Crippen LogP contribution >= 0.6 is 0 Å². The maximum atomic E-state index is 14.8. The zero-order valence-corrected chi connectivity index (χ0v) is 23.4. The number of fused-ring (bicyclic) bond motifs is 1. The van der Waals surface area contributed by atoms with E-state index in [0.717, 1.165) is 12.6 Å². The van der Waals surface area contributed by atoms with E-state index in [1.54, 1.807) is 18.4 Å². The summed E-state index contributed by atoms with van der Waals surface area (Å²) in [5.74, 6) is 1.60. The molecule has 0 radical (unpaired) electrons. The summed E-state index contributed by atoms with van der Waals surface area (Å²) >= 11 is -0.839. The number of hydrogen-bond donors (Lipinski definition) is 1. The molecule has 2 fully saturated rings.